The normalized spacial score (nSPS) is 10.2. The predicted molar refractivity (Wildman–Crippen MR) is 81.5 cm³/mol. The van der Waals surface area contributed by atoms with Gasteiger partial charge in [-0.1, -0.05) is 28.1 Å². The van der Waals surface area contributed by atoms with Crippen LogP contribution in [0, 0.1) is 6.92 Å². The third kappa shape index (κ3) is 2.93. The van der Waals surface area contributed by atoms with Crippen molar-refractivity contribution in [2.75, 3.05) is 12.4 Å². The smallest absolute Gasteiger partial charge is 0.259 e. The number of phenolic OH excluding ortho intramolecular Hbond substituents is 1. The van der Waals surface area contributed by atoms with Gasteiger partial charge in [0.15, 0.2) is 0 Å². The minimum atomic E-state index is -0.386. The number of phenols is 1. The molecule has 20 heavy (non-hydrogen) atoms. The summed E-state index contributed by atoms with van der Waals surface area (Å²) in [6.07, 6.45) is 0. The summed E-state index contributed by atoms with van der Waals surface area (Å²) < 4.78 is 6.01. The van der Waals surface area contributed by atoms with Crippen molar-refractivity contribution in [3.05, 3.63) is 52.0 Å². The van der Waals surface area contributed by atoms with E-state index in [4.69, 9.17) is 4.74 Å². The van der Waals surface area contributed by atoms with E-state index < -0.39 is 0 Å². The van der Waals surface area contributed by atoms with E-state index in [1.807, 2.05) is 6.07 Å². The molecule has 0 spiro atoms. The molecule has 104 valence electrons. The average molecular weight is 336 g/mol. The van der Waals surface area contributed by atoms with Crippen LogP contribution in [0.3, 0.4) is 0 Å². The summed E-state index contributed by atoms with van der Waals surface area (Å²) in [6, 6.07) is 10.3. The van der Waals surface area contributed by atoms with E-state index in [1.54, 1.807) is 37.3 Å². The monoisotopic (exact) mass is 335 g/mol. The number of carbonyl (C=O) groups is 1. The minimum absolute atomic E-state index is 0.0148. The molecule has 5 heteroatoms. The fourth-order valence-corrected chi connectivity index (χ4v) is 2.17. The van der Waals surface area contributed by atoms with Crippen LogP contribution in [0.2, 0.25) is 0 Å². The molecule has 0 aliphatic carbocycles. The quantitative estimate of drug-likeness (QED) is 0.898. The summed E-state index contributed by atoms with van der Waals surface area (Å²) in [5, 5.41) is 12.7. The Morgan fingerprint density at radius 2 is 2.05 bits per heavy atom. The number of nitrogens with one attached hydrogen (secondary N) is 1. The second kappa shape index (κ2) is 5.96. The number of rotatable bonds is 3. The Hall–Kier alpha value is -2.01. The molecule has 2 aromatic rings. The van der Waals surface area contributed by atoms with Gasteiger partial charge in [-0.15, -0.1) is 0 Å². The number of benzene rings is 2. The van der Waals surface area contributed by atoms with Crippen LogP contribution in [0.25, 0.3) is 0 Å². The second-order valence-corrected chi connectivity index (χ2v) is 5.19. The van der Waals surface area contributed by atoms with Gasteiger partial charge in [0.25, 0.3) is 5.91 Å². The fourth-order valence-electron chi connectivity index (χ4n) is 1.81. The van der Waals surface area contributed by atoms with Crippen molar-refractivity contribution in [1.82, 2.24) is 0 Å². The van der Waals surface area contributed by atoms with E-state index in [9.17, 15) is 9.90 Å². The summed E-state index contributed by atoms with van der Waals surface area (Å²) in [6.45, 7) is 1.74. The van der Waals surface area contributed by atoms with Gasteiger partial charge in [-0.2, -0.15) is 0 Å². The first kappa shape index (κ1) is 14.4. The molecule has 0 saturated carbocycles. The second-order valence-electron chi connectivity index (χ2n) is 4.27. The van der Waals surface area contributed by atoms with Crippen molar-refractivity contribution >= 4 is 27.5 Å². The highest BCUT2D eigenvalue weighted by atomic mass is 79.9. The van der Waals surface area contributed by atoms with Gasteiger partial charge in [-0.3, -0.25) is 4.79 Å². The molecule has 1 amide bonds. The zero-order valence-corrected chi connectivity index (χ0v) is 12.7. The van der Waals surface area contributed by atoms with E-state index in [0.29, 0.717) is 17.0 Å². The van der Waals surface area contributed by atoms with Crippen LogP contribution in [0.5, 0.6) is 11.5 Å². The largest absolute Gasteiger partial charge is 0.507 e. The first-order chi connectivity index (χ1) is 9.52. The van der Waals surface area contributed by atoms with Crippen molar-refractivity contribution < 1.29 is 14.6 Å². The third-order valence-electron chi connectivity index (χ3n) is 2.89. The fraction of sp³-hybridized carbons (Fsp3) is 0.133. The number of aryl methyl sites for hydroxylation is 1. The van der Waals surface area contributed by atoms with Crippen molar-refractivity contribution in [3.8, 4) is 11.5 Å². The van der Waals surface area contributed by atoms with E-state index in [2.05, 4.69) is 21.2 Å². The number of carbonyl (C=O) groups excluding carboxylic acids is 1. The minimum Gasteiger partial charge on any atom is -0.507 e. The molecule has 0 atom stereocenters. The van der Waals surface area contributed by atoms with Gasteiger partial charge < -0.3 is 15.2 Å². The molecule has 0 unspecified atom stereocenters. The van der Waals surface area contributed by atoms with E-state index >= 15 is 0 Å². The van der Waals surface area contributed by atoms with Crippen LogP contribution in [0.1, 0.15) is 15.9 Å². The summed E-state index contributed by atoms with van der Waals surface area (Å²) in [5.41, 5.74) is 1.42. The summed E-state index contributed by atoms with van der Waals surface area (Å²) in [5.74, 6) is 0.148. The SMILES string of the molecule is COc1ccc(Br)cc1NC(=O)c1cccc(C)c1O. The molecule has 0 aliphatic rings. The molecular formula is C15H14BrNO3. The zero-order valence-electron chi connectivity index (χ0n) is 11.1. The molecule has 0 saturated heterocycles. The lowest BCUT2D eigenvalue weighted by Crippen LogP contribution is -2.13. The van der Waals surface area contributed by atoms with Gasteiger partial charge in [-0.05, 0) is 36.8 Å². The average Bonchev–Trinajstić information content (AvgIpc) is 2.42. The summed E-state index contributed by atoms with van der Waals surface area (Å²) in [7, 11) is 1.53. The van der Waals surface area contributed by atoms with E-state index in [0.717, 1.165) is 4.47 Å². The number of ether oxygens (including phenoxy) is 1. The summed E-state index contributed by atoms with van der Waals surface area (Å²) >= 11 is 3.34. The lowest BCUT2D eigenvalue weighted by atomic mass is 10.1. The number of anilines is 1. The highest BCUT2D eigenvalue weighted by Gasteiger charge is 2.14. The first-order valence-electron chi connectivity index (χ1n) is 5.96. The van der Waals surface area contributed by atoms with E-state index in [1.165, 1.54) is 7.11 Å². The first-order valence-corrected chi connectivity index (χ1v) is 6.75. The number of halogens is 1. The molecule has 0 bridgehead atoms. The molecule has 0 fully saturated rings. The molecule has 4 nitrogen and oxygen atoms in total. The van der Waals surface area contributed by atoms with Crippen LogP contribution in [-0.2, 0) is 0 Å². The van der Waals surface area contributed by atoms with Crippen LogP contribution in [-0.4, -0.2) is 18.1 Å². The van der Waals surface area contributed by atoms with Gasteiger partial charge >= 0.3 is 0 Å². The molecule has 0 radical (unpaired) electrons. The molecule has 2 aromatic carbocycles. The van der Waals surface area contributed by atoms with Gasteiger partial charge in [0.1, 0.15) is 11.5 Å². The van der Waals surface area contributed by atoms with Crippen LogP contribution in [0.15, 0.2) is 40.9 Å². The number of hydrogen-bond donors (Lipinski definition) is 2. The van der Waals surface area contributed by atoms with Crippen LogP contribution >= 0.6 is 15.9 Å². The maximum absolute atomic E-state index is 12.2. The van der Waals surface area contributed by atoms with E-state index in [-0.39, 0.29) is 17.2 Å². The highest BCUT2D eigenvalue weighted by molar-refractivity contribution is 9.10. The Bertz CT molecular complexity index is 656. The van der Waals surface area contributed by atoms with Gasteiger partial charge in [0.2, 0.25) is 0 Å². The van der Waals surface area contributed by atoms with Crippen LogP contribution < -0.4 is 10.1 Å². The lowest BCUT2D eigenvalue weighted by Gasteiger charge is -2.12. The Labute approximate surface area is 125 Å². The Morgan fingerprint density at radius 3 is 2.75 bits per heavy atom. The lowest BCUT2D eigenvalue weighted by molar-refractivity contribution is 0.102. The predicted octanol–water partition coefficient (Wildman–Crippen LogP) is 3.72. The summed E-state index contributed by atoms with van der Waals surface area (Å²) in [4.78, 5) is 12.2. The Kier molecular flexibility index (Phi) is 4.29. The van der Waals surface area contributed by atoms with Crippen LogP contribution in [0.4, 0.5) is 5.69 Å². The maximum atomic E-state index is 12.2. The van der Waals surface area contributed by atoms with Gasteiger partial charge in [0, 0.05) is 4.47 Å². The van der Waals surface area contributed by atoms with Crippen molar-refractivity contribution in [3.63, 3.8) is 0 Å². The third-order valence-corrected chi connectivity index (χ3v) is 3.39. The molecular weight excluding hydrogens is 322 g/mol. The molecule has 2 rings (SSSR count). The standard InChI is InChI=1S/C15H14BrNO3/c1-9-4-3-5-11(14(9)18)15(19)17-12-8-10(16)6-7-13(12)20-2/h3-8,18H,1-2H3,(H,17,19). The van der Waals surface area contributed by atoms with Crippen molar-refractivity contribution in [2.24, 2.45) is 0 Å². The Morgan fingerprint density at radius 1 is 1.30 bits per heavy atom. The topological polar surface area (TPSA) is 58.6 Å². The molecule has 2 N–H and O–H groups in total. The highest BCUT2D eigenvalue weighted by Crippen LogP contribution is 2.29. The van der Waals surface area contributed by atoms with Crippen molar-refractivity contribution in [2.45, 2.75) is 6.92 Å². The molecule has 0 heterocycles. The zero-order chi connectivity index (χ0) is 14.7. The number of methoxy groups -OCH3 is 1. The van der Waals surface area contributed by atoms with Crippen molar-refractivity contribution in [1.29, 1.82) is 0 Å². The Balaban J connectivity index is 2.32. The number of para-hydroxylation sites is 1. The molecule has 0 aliphatic heterocycles. The maximum Gasteiger partial charge on any atom is 0.259 e. The number of amides is 1. The molecule has 0 aromatic heterocycles. The number of aromatic hydroxyl groups is 1. The van der Waals surface area contributed by atoms with Gasteiger partial charge in [0.05, 0.1) is 18.4 Å². The number of hydrogen-bond acceptors (Lipinski definition) is 3. The van der Waals surface area contributed by atoms with Gasteiger partial charge in [-0.25, -0.2) is 0 Å².